The van der Waals surface area contributed by atoms with E-state index in [4.69, 9.17) is 0 Å². The highest BCUT2D eigenvalue weighted by Gasteiger charge is 2.46. The Balaban J connectivity index is 1.70. The number of piperidine rings is 1. The van der Waals surface area contributed by atoms with Gasteiger partial charge in [0.2, 0.25) is 0 Å². The molecule has 0 aliphatic carbocycles. The molecule has 1 spiro atoms. The Hall–Kier alpha value is -1.62. The number of fused-ring (bicyclic) bond motifs is 1. The monoisotopic (exact) mass is 257 g/mol. The molecule has 2 aromatic heterocycles. The molecule has 4 rings (SSSR count). The zero-order valence-electron chi connectivity index (χ0n) is 11.2. The zero-order chi connectivity index (χ0) is 12.9. The molecule has 2 aliphatic heterocycles. The molecule has 4 heterocycles. The van der Waals surface area contributed by atoms with Crippen LogP contribution in [0.1, 0.15) is 19.8 Å². The average Bonchev–Trinajstić information content (AvgIpc) is 2.94. The molecule has 0 radical (unpaired) electrons. The number of hydrogen-bond donors (Lipinski definition) is 2. The number of aromatic amines is 1. The summed E-state index contributed by atoms with van der Waals surface area (Å²) >= 11 is 0. The van der Waals surface area contributed by atoms with Gasteiger partial charge >= 0.3 is 0 Å². The van der Waals surface area contributed by atoms with Gasteiger partial charge in [-0.1, -0.05) is 6.92 Å². The number of rotatable bonds is 1. The van der Waals surface area contributed by atoms with Crippen LogP contribution in [0.4, 0.5) is 5.82 Å². The van der Waals surface area contributed by atoms with Crippen molar-refractivity contribution in [2.24, 2.45) is 5.92 Å². The van der Waals surface area contributed by atoms with E-state index < -0.39 is 0 Å². The summed E-state index contributed by atoms with van der Waals surface area (Å²) in [6.07, 6.45) is 6.11. The lowest BCUT2D eigenvalue weighted by Gasteiger charge is -2.54. The number of aromatic nitrogens is 3. The molecule has 2 atom stereocenters. The number of anilines is 1. The van der Waals surface area contributed by atoms with Crippen LogP contribution in [0.25, 0.3) is 11.0 Å². The van der Waals surface area contributed by atoms with Crippen LogP contribution in [0.15, 0.2) is 18.6 Å². The molecular weight excluding hydrogens is 238 g/mol. The van der Waals surface area contributed by atoms with Crippen molar-refractivity contribution in [3.05, 3.63) is 18.6 Å². The van der Waals surface area contributed by atoms with Crippen molar-refractivity contribution >= 4 is 16.9 Å². The molecule has 0 saturated carbocycles. The Morgan fingerprint density at radius 3 is 3.16 bits per heavy atom. The third kappa shape index (κ3) is 1.57. The summed E-state index contributed by atoms with van der Waals surface area (Å²) in [5.41, 5.74) is 1.24. The summed E-state index contributed by atoms with van der Waals surface area (Å²) in [5.74, 6) is 1.84. The van der Waals surface area contributed by atoms with Gasteiger partial charge in [-0.3, -0.25) is 0 Å². The SMILES string of the molecule is CC1CN[C@@]12CCCN(c1ncnc3[nH]ccc13)C2. The van der Waals surface area contributed by atoms with E-state index >= 15 is 0 Å². The van der Waals surface area contributed by atoms with Crippen LogP contribution in [0.3, 0.4) is 0 Å². The van der Waals surface area contributed by atoms with Crippen molar-refractivity contribution in [1.29, 1.82) is 0 Å². The Bertz CT molecular complexity index is 607. The van der Waals surface area contributed by atoms with Gasteiger partial charge in [0.1, 0.15) is 17.8 Å². The number of nitrogens with zero attached hydrogens (tertiary/aromatic N) is 3. The van der Waals surface area contributed by atoms with Gasteiger partial charge in [-0.25, -0.2) is 9.97 Å². The second-order valence-corrected chi connectivity index (χ2v) is 5.90. The standard InChI is InChI=1S/C14H19N5/c1-10-7-18-14(10)4-2-6-19(8-14)13-11-3-5-15-12(11)16-9-17-13/h3,5,9-10,18H,2,4,6-8H2,1H3,(H,15,16,17)/t10?,14-/m1/s1. The molecular formula is C14H19N5. The maximum Gasteiger partial charge on any atom is 0.142 e. The van der Waals surface area contributed by atoms with Gasteiger partial charge in [-0.15, -0.1) is 0 Å². The molecule has 1 unspecified atom stereocenters. The molecule has 2 N–H and O–H groups in total. The van der Waals surface area contributed by atoms with Crippen LogP contribution in [-0.2, 0) is 0 Å². The molecule has 2 saturated heterocycles. The van der Waals surface area contributed by atoms with E-state index in [2.05, 4.69) is 38.2 Å². The van der Waals surface area contributed by atoms with Crippen molar-refractivity contribution in [1.82, 2.24) is 20.3 Å². The molecule has 2 aliphatic rings. The first kappa shape index (κ1) is 11.2. The first-order valence-corrected chi connectivity index (χ1v) is 7.07. The maximum absolute atomic E-state index is 4.52. The summed E-state index contributed by atoms with van der Waals surface area (Å²) in [7, 11) is 0. The van der Waals surface area contributed by atoms with E-state index in [1.54, 1.807) is 6.33 Å². The molecule has 5 heteroatoms. The second-order valence-electron chi connectivity index (χ2n) is 5.90. The lowest BCUT2D eigenvalue weighted by Crippen LogP contribution is -2.70. The lowest BCUT2D eigenvalue weighted by molar-refractivity contribution is 0.0940. The highest BCUT2D eigenvalue weighted by molar-refractivity contribution is 5.87. The minimum absolute atomic E-state index is 0.311. The van der Waals surface area contributed by atoms with Crippen molar-refractivity contribution in [2.45, 2.75) is 25.3 Å². The van der Waals surface area contributed by atoms with Crippen LogP contribution in [0, 0.1) is 5.92 Å². The third-order valence-corrected chi connectivity index (χ3v) is 4.86. The molecule has 0 amide bonds. The second kappa shape index (κ2) is 3.93. The van der Waals surface area contributed by atoms with Crippen molar-refractivity contribution < 1.29 is 0 Å². The Kier molecular flexibility index (Phi) is 2.33. The van der Waals surface area contributed by atoms with E-state index in [-0.39, 0.29) is 0 Å². The van der Waals surface area contributed by atoms with E-state index in [1.807, 2.05) is 6.20 Å². The van der Waals surface area contributed by atoms with Crippen LogP contribution in [0.5, 0.6) is 0 Å². The Labute approximate surface area is 112 Å². The largest absolute Gasteiger partial charge is 0.354 e. The van der Waals surface area contributed by atoms with Crippen molar-refractivity contribution in [3.8, 4) is 0 Å². The quantitative estimate of drug-likeness (QED) is 0.813. The van der Waals surface area contributed by atoms with E-state index in [0.29, 0.717) is 5.54 Å². The molecule has 100 valence electrons. The number of hydrogen-bond acceptors (Lipinski definition) is 4. The summed E-state index contributed by atoms with van der Waals surface area (Å²) in [5, 5.41) is 4.79. The fourth-order valence-electron chi connectivity index (χ4n) is 3.52. The fourth-order valence-corrected chi connectivity index (χ4v) is 3.52. The molecule has 19 heavy (non-hydrogen) atoms. The first-order valence-electron chi connectivity index (χ1n) is 7.07. The predicted molar refractivity (Wildman–Crippen MR) is 75.2 cm³/mol. The summed E-state index contributed by atoms with van der Waals surface area (Å²) in [4.78, 5) is 14.4. The third-order valence-electron chi connectivity index (χ3n) is 4.86. The van der Waals surface area contributed by atoms with E-state index in [9.17, 15) is 0 Å². The number of nitrogens with one attached hydrogen (secondary N) is 2. The zero-order valence-corrected chi connectivity index (χ0v) is 11.2. The molecule has 2 fully saturated rings. The summed E-state index contributed by atoms with van der Waals surface area (Å²) in [6.45, 7) is 5.65. The average molecular weight is 257 g/mol. The van der Waals surface area contributed by atoms with Crippen LogP contribution in [-0.4, -0.2) is 40.1 Å². The van der Waals surface area contributed by atoms with Crippen LogP contribution < -0.4 is 10.2 Å². The Morgan fingerprint density at radius 2 is 2.37 bits per heavy atom. The van der Waals surface area contributed by atoms with Gasteiger partial charge in [0.15, 0.2) is 0 Å². The summed E-state index contributed by atoms with van der Waals surface area (Å²) in [6, 6.07) is 2.07. The van der Waals surface area contributed by atoms with Crippen molar-refractivity contribution in [3.63, 3.8) is 0 Å². The fraction of sp³-hybridized carbons (Fsp3) is 0.571. The minimum Gasteiger partial charge on any atom is -0.354 e. The normalized spacial score (nSPS) is 30.8. The minimum atomic E-state index is 0.311. The van der Waals surface area contributed by atoms with Crippen molar-refractivity contribution in [2.75, 3.05) is 24.5 Å². The van der Waals surface area contributed by atoms with Gasteiger partial charge in [0, 0.05) is 31.4 Å². The molecule has 5 nitrogen and oxygen atoms in total. The molecule has 0 aromatic carbocycles. The van der Waals surface area contributed by atoms with Gasteiger partial charge in [0.05, 0.1) is 5.39 Å². The topological polar surface area (TPSA) is 56.8 Å². The lowest BCUT2D eigenvalue weighted by atomic mass is 9.72. The van der Waals surface area contributed by atoms with Gasteiger partial charge in [-0.05, 0) is 24.8 Å². The first-order chi connectivity index (χ1) is 9.28. The molecule has 2 aromatic rings. The van der Waals surface area contributed by atoms with Crippen LogP contribution >= 0.6 is 0 Å². The van der Waals surface area contributed by atoms with E-state index in [1.165, 1.54) is 12.8 Å². The van der Waals surface area contributed by atoms with Gasteiger partial charge in [0.25, 0.3) is 0 Å². The van der Waals surface area contributed by atoms with E-state index in [0.717, 1.165) is 42.4 Å². The maximum atomic E-state index is 4.52. The summed E-state index contributed by atoms with van der Waals surface area (Å²) < 4.78 is 0. The molecule has 0 bridgehead atoms. The smallest absolute Gasteiger partial charge is 0.142 e. The number of H-pyrrole nitrogens is 1. The highest BCUT2D eigenvalue weighted by atomic mass is 15.3. The highest BCUT2D eigenvalue weighted by Crippen LogP contribution is 2.37. The van der Waals surface area contributed by atoms with Crippen LogP contribution in [0.2, 0.25) is 0 Å². The predicted octanol–water partition coefficient (Wildman–Crippen LogP) is 1.54. The Morgan fingerprint density at radius 1 is 1.42 bits per heavy atom. The van der Waals surface area contributed by atoms with Gasteiger partial charge in [-0.2, -0.15) is 0 Å². The van der Waals surface area contributed by atoms with Gasteiger partial charge < -0.3 is 15.2 Å².